The summed E-state index contributed by atoms with van der Waals surface area (Å²) >= 11 is 3.56. The molecule has 1 aliphatic rings. The summed E-state index contributed by atoms with van der Waals surface area (Å²) in [4.78, 5) is 7.80. The van der Waals surface area contributed by atoms with Crippen LogP contribution in [0.15, 0.2) is 53.0 Å². The van der Waals surface area contributed by atoms with Crippen molar-refractivity contribution < 1.29 is 0 Å². The Labute approximate surface area is 210 Å². The number of hydrogen-bond donors (Lipinski definition) is 1. The molecule has 3 rings (SSSR count). The molecule has 2 N–H and O–H groups in total. The number of piperazine rings is 1. The topological polar surface area (TPSA) is 35.7 Å². The van der Waals surface area contributed by atoms with E-state index >= 15 is 0 Å². The highest BCUT2D eigenvalue weighted by Gasteiger charge is 2.17. The first-order chi connectivity index (χ1) is 15.8. The highest BCUT2D eigenvalue weighted by molar-refractivity contribution is 9.10. The first-order valence-corrected chi connectivity index (χ1v) is 13.3. The van der Waals surface area contributed by atoms with Gasteiger partial charge in [0.1, 0.15) is 0 Å². The first kappa shape index (κ1) is 26.4. The number of nitrogens with zero attached hydrogens (tertiary/aromatic N) is 3. The fraction of sp³-hybridized carbons (Fsp3) is 0.571. The predicted molar refractivity (Wildman–Crippen MR) is 145 cm³/mol. The zero-order valence-electron chi connectivity index (χ0n) is 20.9. The molecule has 2 aromatic carbocycles. The monoisotopic (exact) mass is 514 g/mol. The van der Waals surface area contributed by atoms with Gasteiger partial charge in [0.25, 0.3) is 0 Å². The van der Waals surface area contributed by atoms with Crippen LogP contribution in [0.25, 0.3) is 0 Å². The van der Waals surface area contributed by atoms with Gasteiger partial charge in [0.15, 0.2) is 0 Å². The number of halogens is 1. The van der Waals surface area contributed by atoms with Crippen LogP contribution in [0.3, 0.4) is 0 Å². The Kier molecular flexibility index (Phi) is 10.4. The van der Waals surface area contributed by atoms with Crippen molar-refractivity contribution in [1.29, 1.82) is 0 Å². The minimum atomic E-state index is 0.198. The lowest BCUT2D eigenvalue weighted by molar-refractivity contribution is 0.125. The molecule has 2 aromatic rings. The fourth-order valence-corrected chi connectivity index (χ4v) is 4.76. The standard InChI is InChI=1S/C28H43BrN4/c1-28(2,3)26-10-6-24(7-11-26)22-33(23-25-8-12-27(29)13-9-25)17-5-16-32-20-18-31(19-21-32)15-4-14-30/h6-13H,4-5,14-23,30H2,1-3H3. The third-order valence-corrected chi connectivity index (χ3v) is 7.17. The Bertz CT molecular complexity index is 805. The maximum atomic E-state index is 5.67. The Morgan fingerprint density at radius 1 is 0.788 bits per heavy atom. The van der Waals surface area contributed by atoms with Crippen LogP contribution in [0.1, 0.15) is 50.3 Å². The van der Waals surface area contributed by atoms with E-state index in [1.165, 1.54) is 55.8 Å². The Morgan fingerprint density at radius 2 is 1.27 bits per heavy atom. The number of benzene rings is 2. The minimum absolute atomic E-state index is 0.198. The van der Waals surface area contributed by atoms with Crippen LogP contribution in [0.4, 0.5) is 0 Å². The summed E-state index contributed by atoms with van der Waals surface area (Å²) < 4.78 is 1.14. The molecule has 0 spiro atoms. The van der Waals surface area contributed by atoms with E-state index in [2.05, 4.69) is 99.9 Å². The van der Waals surface area contributed by atoms with Crippen molar-refractivity contribution in [3.8, 4) is 0 Å². The van der Waals surface area contributed by atoms with Crippen LogP contribution >= 0.6 is 15.9 Å². The van der Waals surface area contributed by atoms with Crippen LogP contribution in [-0.2, 0) is 18.5 Å². The van der Waals surface area contributed by atoms with E-state index in [0.717, 1.165) is 43.6 Å². The Morgan fingerprint density at radius 3 is 1.76 bits per heavy atom. The second kappa shape index (κ2) is 13.0. The Hall–Kier alpha value is -1.24. The van der Waals surface area contributed by atoms with Gasteiger partial charge in [-0.15, -0.1) is 0 Å². The van der Waals surface area contributed by atoms with Gasteiger partial charge in [-0.25, -0.2) is 0 Å². The third-order valence-electron chi connectivity index (χ3n) is 6.64. The van der Waals surface area contributed by atoms with E-state index in [1.807, 2.05) is 0 Å². The molecule has 0 amide bonds. The lowest BCUT2D eigenvalue weighted by atomic mass is 9.87. The second-order valence-electron chi connectivity index (χ2n) is 10.5. The summed E-state index contributed by atoms with van der Waals surface area (Å²) in [5.74, 6) is 0. The highest BCUT2D eigenvalue weighted by Crippen LogP contribution is 2.23. The number of rotatable bonds is 11. The van der Waals surface area contributed by atoms with Gasteiger partial charge in [-0.3, -0.25) is 4.90 Å². The number of hydrogen-bond acceptors (Lipinski definition) is 4. The molecule has 33 heavy (non-hydrogen) atoms. The molecule has 0 aliphatic carbocycles. The van der Waals surface area contributed by atoms with Gasteiger partial charge in [-0.05, 0) is 66.7 Å². The van der Waals surface area contributed by atoms with Gasteiger partial charge in [-0.1, -0.05) is 73.1 Å². The van der Waals surface area contributed by atoms with Crippen molar-refractivity contribution in [2.45, 2.75) is 52.1 Å². The Balaban J connectivity index is 1.54. The molecule has 5 heteroatoms. The second-order valence-corrected chi connectivity index (χ2v) is 11.4. The summed E-state index contributed by atoms with van der Waals surface area (Å²) in [6.07, 6.45) is 2.32. The SMILES string of the molecule is CC(C)(C)c1ccc(CN(CCCN2CCN(CCCN)CC2)Cc2ccc(Br)cc2)cc1. The van der Waals surface area contributed by atoms with E-state index in [9.17, 15) is 0 Å². The molecule has 1 heterocycles. The molecular weight excluding hydrogens is 472 g/mol. The van der Waals surface area contributed by atoms with Crippen LogP contribution in [-0.4, -0.2) is 67.1 Å². The third kappa shape index (κ3) is 9.14. The van der Waals surface area contributed by atoms with Crippen LogP contribution < -0.4 is 5.73 Å². The largest absolute Gasteiger partial charge is 0.330 e. The van der Waals surface area contributed by atoms with Gasteiger partial charge < -0.3 is 15.5 Å². The minimum Gasteiger partial charge on any atom is -0.330 e. The molecule has 1 aliphatic heterocycles. The molecule has 0 atom stereocenters. The predicted octanol–water partition coefficient (Wildman–Crippen LogP) is 5.11. The molecule has 0 radical (unpaired) electrons. The van der Waals surface area contributed by atoms with Crippen LogP contribution in [0.2, 0.25) is 0 Å². The summed E-state index contributed by atoms with van der Waals surface area (Å²) in [5, 5.41) is 0. The van der Waals surface area contributed by atoms with Crippen molar-refractivity contribution in [2.24, 2.45) is 5.73 Å². The molecule has 4 nitrogen and oxygen atoms in total. The molecular formula is C28H43BrN4. The number of nitrogens with two attached hydrogens (primary N) is 1. The normalized spacial score (nSPS) is 15.9. The molecule has 1 saturated heterocycles. The van der Waals surface area contributed by atoms with Gasteiger partial charge in [-0.2, -0.15) is 0 Å². The zero-order valence-corrected chi connectivity index (χ0v) is 22.5. The molecule has 1 fully saturated rings. The summed E-state index contributed by atoms with van der Waals surface area (Å²) in [6.45, 7) is 17.8. The van der Waals surface area contributed by atoms with E-state index in [-0.39, 0.29) is 5.41 Å². The lowest BCUT2D eigenvalue weighted by Gasteiger charge is -2.35. The summed E-state index contributed by atoms with van der Waals surface area (Å²) in [5.41, 5.74) is 10.0. The molecule has 0 unspecified atom stereocenters. The first-order valence-electron chi connectivity index (χ1n) is 12.5. The van der Waals surface area contributed by atoms with Crippen molar-refractivity contribution in [2.75, 3.05) is 52.4 Å². The lowest BCUT2D eigenvalue weighted by Crippen LogP contribution is -2.47. The van der Waals surface area contributed by atoms with E-state index < -0.39 is 0 Å². The van der Waals surface area contributed by atoms with Crippen molar-refractivity contribution in [3.05, 3.63) is 69.7 Å². The fourth-order valence-electron chi connectivity index (χ4n) is 4.50. The zero-order chi connectivity index (χ0) is 23.7. The molecule has 0 bridgehead atoms. The summed E-state index contributed by atoms with van der Waals surface area (Å²) in [6, 6.07) is 18.0. The van der Waals surface area contributed by atoms with Gasteiger partial charge in [0, 0.05) is 50.3 Å². The quantitative estimate of drug-likeness (QED) is 0.452. The molecule has 0 aromatic heterocycles. The van der Waals surface area contributed by atoms with Gasteiger partial charge >= 0.3 is 0 Å². The maximum absolute atomic E-state index is 5.67. The average Bonchev–Trinajstić information content (AvgIpc) is 2.80. The summed E-state index contributed by atoms with van der Waals surface area (Å²) in [7, 11) is 0. The maximum Gasteiger partial charge on any atom is 0.0237 e. The van der Waals surface area contributed by atoms with Crippen molar-refractivity contribution in [3.63, 3.8) is 0 Å². The van der Waals surface area contributed by atoms with Gasteiger partial charge in [0.05, 0.1) is 0 Å². The smallest absolute Gasteiger partial charge is 0.0237 e. The molecule has 0 saturated carbocycles. The van der Waals surface area contributed by atoms with Crippen molar-refractivity contribution >= 4 is 15.9 Å². The van der Waals surface area contributed by atoms with Gasteiger partial charge in [0.2, 0.25) is 0 Å². The highest BCUT2D eigenvalue weighted by atomic mass is 79.9. The van der Waals surface area contributed by atoms with E-state index in [4.69, 9.17) is 5.73 Å². The van der Waals surface area contributed by atoms with E-state index in [0.29, 0.717) is 0 Å². The average molecular weight is 516 g/mol. The van der Waals surface area contributed by atoms with Crippen LogP contribution in [0, 0.1) is 0 Å². The van der Waals surface area contributed by atoms with Crippen LogP contribution in [0.5, 0.6) is 0 Å². The molecule has 182 valence electrons. The van der Waals surface area contributed by atoms with E-state index in [1.54, 1.807) is 0 Å². The van der Waals surface area contributed by atoms with Crippen molar-refractivity contribution in [1.82, 2.24) is 14.7 Å².